The third-order valence-electron chi connectivity index (χ3n) is 2.39. The van der Waals surface area contributed by atoms with Crippen LogP contribution in [0.1, 0.15) is 4.88 Å². The van der Waals surface area contributed by atoms with E-state index in [1.54, 1.807) is 30.7 Å². The van der Waals surface area contributed by atoms with Gasteiger partial charge < -0.3 is 15.6 Å². The van der Waals surface area contributed by atoms with E-state index in [0.717, 1.165) is 15.4 Å². The number of rotatable bonds is 4. The topological polar surface area (TPSA) is 68.4 Å². The molecule has 1 aromatic carbocycles. The number of hydrogen-bond donors (Lipinski definition) is 2. The molecule has 0 radical (unpaired) electrons. The van der Waals surface area contributed by atoms with Gasteiger partial charge in [0.1, 0.15) is 10.8 Å². The highest BCUT2D eigenvalue weighted by atomic mass is 32.1. The Morgan fingerprint density at radius 2 is 2.29 bits per heavy atom. The van der Waals surface area contributed by atoms with Gasteiger partial charge in [0.05, 0.1) is 12.8 Å². The van der Waals surface area contributed by atoms with Gasteiger partial charge in [-0.1, -0.05) is 0 Å². The van der Waals surface area contributed by atoms with Gasteiger partial charge in [0.25, 0.3) is 0 Å². The molecule has 1 aromatic heterocycles. The van der Waals surface area contributed by atoms with Crippen LogP contribution in [0.3, 0.4) is 0 Å². The van der Waals surface area contributed by atoms with E-state index in [2.05, 4.69) is 4.98 Å². The number of benzene rings is 1. The number of methoxy groups -OCH3 is 1. The SMILES string of the molecule is COc1cc(-c2ncc(CCO)s2)ccc1N. The summed E-state index contributed by atoms with van der Waals surface area (Å²) in [6.07, 6.45) is 2.43. The standard InChI is InChI=1S/C12H14N2O2S/c1-16-11-6-8(2-3-10(11)13)12-14-7-9(17-12)4-5-15/h2-3,6-7,15H,4-5,13H2,1H3. The first kappa shape index (κ1) is 11.9. The van der Waals surface area contributed by atoms with Crippen LogP contribution >= 0.6 is 11.3 Å². The van der Waals surface area contributed by atoms with E-state index >= 15 is 0 Å². The molecule has 0 aliphatic carbocycles. The highest BCUT2D eigenvalue weighted by Crippen LogP contribution is 2.31. The first-order valence-corrected chi connectivity index (χ1v) is 6.05. The summed E-state index contributed by atoms with van der Waals surface area (Å²) < 4.78 is 5.17. The van der Waals surface area contributed by atoms with Crippen LogP contribution in [-0.4, -0.2) is 23.8 Å². The van der Waals surface area contributed by atoms with Crippen LogP contribution in [0, 0.1) is 0 Å². The maximum atomic E-state index is 8.86. The highest BCUT2D eigenvalue weighted by Gasteiger charge is 2.07. The van der Waals surface area contributed by atoms with Crippen molar-refractivity contribution in [3.8, 4) is 16.3 Å². The summed E-state index contributed by atoms with van der Waals surface area (Å²) in [5.74, 6) is 0.654. The van der Waals surface area contributed by atoms with Crippen molar-refractivity contribution in [1.82, 2.24) is 4.98 Å². The van der Waals surface area contributed by atoms with Crippen molar-refractivity contribution < 1.29 is 9.84 Å². The lowest BCUT2D eigenvalue weighted by atomic mass is 10.2. The molecule has 0 amide bonds. The van der Waals surface area contributed by atoms with Crippen molar-refractivity contribution in [3.63, 3.8) is 0 Å². The second-order valence-electron chi connectivity index (χ2n) is 3.56. The Labute approximate surface area is 104 Å². The van der Waals surface area contributed by atoms with Gasteiger partial charge in [0, 0.05) is 29.7 Å². The van der Waals surface area contributed by atoms with Gasteiger partial charge in [-0.25, -0.2) is 4.98 Å². The number of thiazole rings is 1. The molecule has 0 unspecified atom stereocenters. The molecule has 0 atom stereocenters. The molecule has 0 saturated heterocycles. The number of aromatic nitrogens is 1. The number of aliphatic hydroxyl groups excluding tert-OH is 1. The van der Waals surface area contributed by atoms with E-state index in [0.29, 0.717) is 17.9 Å². The lowest BCUT2D eigenvalue weighted by Gasteiger charge is -2.05. The number of nitrogens with two attached hydrogens (primary N) is 1. The first-order chi connectivity index (χ1) is 8.24. The zero-order valence-electron chi connectivity index (χ0n) is 9.51. The first-order valence-electron chi connectivity index (χ1n) is 5.24. The van der Waals surface area contributed by atoms with Crippen LogP contribution in [0.15, 0.2) is 24.4 Å². The van der Waals surface area contributed by atoms with Gasteiger partial charge in [-0.2, -0.15) is 0 Å². The largest absolute Gasteiger partial charge is 0.495 e. The molecule has 4 nitrogen and oxygen atoms in total. The average Bonchev–Trinajstić information content (AvgIpc) is 2.79. The average molecular weight is 250 g/mol. The number of aliphatic hydroxyl groups is 1. The maximum Gasteiger partial charge on any atom is 0.142 e. The van der Waals surface area contributed by atoms with Crippen molar-refractivity contribution in [2.45, 2.75) is 6.42 Å². The van der Waals surface area contributed by atoms with Gasteiger partial charge in [0.2, 0.25) is 0 Å². The van der Waals surface area contributed by atoms with Crippen LogP contribution in [0.5, 0.6) is 5.75 Å². The van der Waals surface area contributed by atoms with Crippen LogP contribution in [-0.2, 0) is 6.42 Å². The molecule has 0 bridgehead atoms. The number of nitrogens with zero attached hydrogens (tertiary/aromatic N) is 1. The summed E-state index contributed by atoms with van der Waals surface area (Å²) in [6.45, 7) is 0.146. The molecular weight excluding hydrogens is 236 g/mol. The van der Waals surface area contributed by atoms with E-state index in [1.165, 1.54) is 0 Å². The molecule has 0 fully saturated rings. The molecule has 0 saturated carbocycles. The van der Waals surface area contributed by atoms with Crippen molar-refractivity contribution in [1.29, 1.82) is 0 Å². The van der Waals surface area contributed by atoms with E-state index in [4.69, 9.17) is 15.6 Å². The lowest BCUT2D eigenvalue weighted by molar-refractivity contribution is 0.300. The molecule has 3 N–H and O–H groups in total. The van der Waals surface area contributed by atoms with Crippen LogP contribution in [0.25, 0.3) is 10.6 Å². The molecule has 2 aromatic rings. The van der Waals surface area contributed by atoms with Gasteiger partial charge in [-0.05, 0) is 18.2 Å². The number of ether oxygens (including phenoxy) is 1. The van der Waals surface area contributed by atoms with Crippen molar-refractivity contribution in [2.75, 3.05) is 19.5 Å². The molecule has 2 rings (SSSR count). The monoisotopic (exact) mass is 250 g/mol. The summed E-state index contributed by atoms with van der Waals surface area (Å²) in [7, 11) is 1.59. The molecule has 90 valence electrons. The second kappa shape index (κ2) is 5.16. The van der Waals surface area contributed by atoms with Crippen LogP contribution < -0.4 is 10.5 Å². The summed E-state index contributed by atoms with van der Waals surface area (Å²) in [6, 6.07) is 5.59. The zero-order valence-corrected chi connectivity index (χ0v) is 10.3. The van der Waals surface area contributed by atoms with Crippen molar-refractivity contribution in [2.24, 2.45) is 0 Å². The minimum Gasteiger partial charge on any atom is -0.495 e. The Hall–Kier alpha value is -1.59. The van der Waals surface area contributed by atoms with E-state index < -0.39 is 0 Å². The Kier molecular flexibility index (Phi) is 3.61. The Morgan fingerprint density at radius 1 is 1.47 bits per heavy atom. The van der Waals surface area contributed by atoms with Gasteiger partial charge in [0.15, 0.2) is 0 Å². The molecule has 0 aliphatic heterocycles. The third-order valence-corrected chi connectivity index (χ3v) is 3.50. The molecular formula is C12H14N2O2S. The predicted octanol–water partition coefficient (Wildman–Crippen LogP) is 1.94. The van der Waals surface area contributed by atoms with Crippen molar-refractivity contribution >= 4 is 17.0 Å². The fourth-order valence-corrected chi connectivity index (χ4v) is 2.41. The Morgan fingerprint density at radius 3 is 3.00 bits per heavy atom. The molecule has 0 aliphatic rings. The van der Waals surface area contributed by atoms with E-state index in [1.807, 2.05) is 12.1 Å². The Bertz CT molecular complexity index is 511. The summed E-state index contributed by atoms with van der Waals surface area (Å²) in [5, 5.41) is 9.77. The second-order valence-corrected chi connectivity index (χ2v) is 4.68. The minimum atomic E-state index is 0.146. The smallest absolute Gasteiger partial charge is 0.142 e. The predicted molar refractivity (Wildman–Crippen MR) is 69.3 cm³/mol. The van der Waals surface area contributed by atoms with Crippen molar-refractivity contribution in [3.05, 3.63) is 29.3 Å². The third kappa shape index (κ3) is 2.57. The van der Waals surface area contributed by atoms with Gasteiger partial charge >= 0.3 is 0 Å². The van der Waals surface area contributed by atoms with E-state index in [9.17, 15) is 0 Å². The maximum absolute atomic E-state index is 8.86. The fraction of sp³-hybridized carbons (Fsp3) is 0.250. The molecule has 0 spiro atoms. The summed E-state index contributed by atoms with van der Waals surface area (Å²) in [5.41, 5.74) is 7.35. The molecule has 5 heteroatoms. The lowest BCUT2D eigenvalue weighted by Crippen LogP contribution is -1.92. The fourth-order valence-electron chi connectivity index (χ4n) is 1.51. The van der Waals surface area contributed by atoms with Gasteiger partial charge in [-0.15, -0.1) is 11.3 Å². The number of hydrogen-bond acceptors (Lipinski definition) is 5. The molecule has 1 heterocycles. The quantitative estimate of drug-likeness (QED) is 0.814. The Balaban J connectivity index is 2.32. The number of nitrogen functional groups attached to an aromatic ring is 1. The normalized spacial score (nSPS) is 10.5. The van der Waals surface area contributed by atoms with Crippen LogP contribution in [0.2, 0.25) is 0 Å². The van der Waals surface area contributed by atoms with E-state index in [-0.39, 0.29) is 6.61 Å². The highest BCUT2D eigenvalue weighted by molar-refractivity contribution is 7.15. The summed E-state index contributed by atoms with van der Waals surface area (Å²) in [4.78, 5) is 5.39. The summed E-state index contributed by atoms with van der Waals surface area (Å²) >= 11 is 1.57. The number of anilines is 1. The zero-order chi connectivity index (χ0) is 12.3. The van der Waals surface area contributed by atoms with Crippen LogP contribution in [0.4, 0.5) is 5.69 Å². The minimum absolute atomic E-state index is 0.146. The molecule has 17 heavy (non-hydrogen) atoms. The van der Waals surface area contributed by atoms with Gasteiger partial charge in [-0.3, -0.25) is 0 Å².